The summed E-state index contributed by atoms with van der Waals surface area (Å²) >= 11 is 0. The van der Waals surface area contributed by atoms with Crippen molar-refractivity contribution in [2.75, 3.05) is 5.32 Å². The predicted molar refractivity (Wildman–Crippen MR) is 95.2 cm³/mol. The van der Waals surface area contributed by atoms with Crippen molar-refractivity contribution in [1.29, 1.82) is 0 Å². The summed E-state index contributed by atoms with van der Waals surface area (Å²) in [4.78, 5) is 36.8. The van der Waals surface area contributed by atoms with E-state index in [1.165, 1.54) is 6.33 Å². The molecule has 0 bridgehead atoms. The molecule has 0 saturated heterocycles. The van der Waals surface area contributed by atoms with E-state index in [1.807, 2.05) is 19.1 Å². The van der Waals surface area contributed by atoms with E-state index in [9.17, 15) is 9.59 Å². The number of amides is 1. The zero-order valence-electron chi connectivity index (χ0n) is 14.3. The number of nitrogens with zero attached hydrogens (tertiary/aromatic N) is 4. The summed E-state index contributed by atoms with van der Waals surface area (Å²) in [6, 6.07) is 1.94. The quantitative estimate of drug-likeness (QED) is 0.802. The number of Topliss-reactive ketones (excluding diaryl/α,β-unsaturated/α-hetero) is 1. The average Bonchev–Trinajstić information content (AvgIpc) is 3.32. The van der Waals surface area contributed by atoms with Crippen LogP contribution in [0.25, 0.3) is 0 Å². The minimum Gasteiger partial charge on any atom is -0.310 e. The molecule has 1 atom stereocenters. The van der Waals surface area contributed by atoms with E-state index < -0.39 is 0 Å². The Bertz CT molecular complexity index is 943. The molecule has 1 amide bonds. The number of hydrogen-bond donors (Lipinski definition) is 2. The van der Waals surface area contributed by atoms with E-state index in [1.54, 1.807) is 6.20 Å². The van der Waals surface area contributed by atoms with Gasteiger partial charge in [0.05, 0.1) is 5.71 Å². The summed E-state index contributed by atoms with van der Waals surface area (Å²) in [5.41, 5.74) is 3.74. The third-order valence-corrected chi connectivity index (χ3v) is 4.63. The Hall–Kier alpha value is -3.16. The van der Waals surface area contributed by atoms with Crippen molar-refractivity contribution in [1.82, 2.24) is 20.2 Å². The van der Waals surface area contributed by atoms with Crippen LogP contribution in [0, 0.1) is 0 Å². The van der Waals surface area contributed by atoms with E-state index in [2.05, 4.69) is 30.5 Å². The Balaban J connectivity index is 1.50. The highest BCUT2D eigenvalue weighted by molar-refractivity contribution is 6.02. The molecule has 26 heavy (non-hydrogen) atoms. The van der Waals surface area contributed by atoms with Gasteiger partial charge in [0.25, 0.3) is 0 Å². The normalized spacial score (nSPS) is 16.8. The monoisotopic (exact) mass is 350 g/mol. The maximum atomic E-state index is 12.8. The molecule has 2 aliphatic heterocycles. The Kier molecular flexibility index (Phi) is 4.16. The van der Waals surface area contributed by atoms with Crippen molar-refractivity contribution in [2.24, 2.45) is 4.99 Å². The summed E-state index contributed by atoms with van der Waals surface area (Å²) in [7, 11) is 0. The highest BCUT2D eigenvalue weighted by Crippen LogP contribution is 2.26. The molecule has 8 heteroatoms. The number of rotatable bonds is 5. The summed E-state index contributed by atoms with van der Waals surface area (Å²) in [6.45, 7) is 1.97. The molecule has 2 aliphatic rings. The highest BCUT2D eigenvalue weighted by Gasteiger charge is 2.25. The Morgan fingerprint density at radius 2 is 2.19 bits per heavy atom. The number of ketones is 1. The second-order valence-corrected chi connectivity index (χ2v) is 6.50. The zero-order chi connectivity index (χ0) is 18.1. The van der Waals surface area contributed by atoms with Crippen LogP contribution in [0.3, 0.4) is 0 Å². The van der Waals surface area contributed by atoms with Gasteiger partial charge in [-0.05, 0) is 12.5 Å². The molecule has 2 N–H and O–H groups in total. The van der Waals surface area contributed by atoms with E-state index >= 15 is 0 Å². The zero-order valence-corrected chi connectivity index (χ0v) is 14.3. The SMILES string of the molecule is C[C@@H](CC(=O)c1ncnc2c1CCC(=O)N2)c1cc(C2=NC=CC2)n[nH]1. The molecule has 0 aliphatic carbocycles. The Morgan fingerprint density at radius 1 is 1.31 bits per heavy atom. The third kappa shape index (κ3) is 3.05. The van der Waals surface area contributed by atoms with Crippen LogP contribution in [-0.4, -0.2) is 37.6 Å². The number of anilines is 1. The van der Waals surface area contributed by atoms with Crippen LogP contribution >= 0.6 is 0 Å². The van der Waals surface area contributed by atoms with Gasteiger partial charge in [0.2, 0.25) is 5.91 Å². The first-order valence-corrected chi connectivity index (χ1v) is 8.56. The number of fused-ring (bicyclic) bond motifs is 1. The summed E-state index contributed by atoms with van der Waals surface area (Å²) in [6.07, 6.45) is 6.97. The van der Waals surface area contributed by atoms with Gasteiger partial charge in [-0.15, -0.1) is 0 Å². The summed E-state index contributed by atoms with van der Waals surface area (Å²) < 4.78 is 0. The molecule has 0 spiro atoms. The number of carbonyl (C=O) groups excluding carboxylic acids is 2. The lowest BCUT2D eigenvalue weighted by atomic mass is 9.95. The lowest BCUT2D eigenvalue weighted by Crippen LogP contribution is -2.23. The topological polar surface area (TPSA) is 113 Å². The molecule has 0 fully saturated rings. The van der Waals surface area contributed by atoms with Crippen LogP contribution < -0.4 is 5.32 Å². The maximum absolute atomic E-state index is 12.8. The molecule has 0 aromatic carbocycles. The van der Waals surface area contributed by atoms with E-state index in [0.717, 1.165) is 29.1 Å². The van der Waals surface area contributed by atoms with Gasteiger partial charge < -0.3 is 5.32 Å². The molecule has 2 aromatic rings. The van der Waals surface area contributed by atoms with Crippen LogP contribution in [-0.2, 0) is 11.2 Å². The van der Waals surface area contributed by atoms with Crippen molar-refractivity contribution in [3.63, 3.8) is 0 Å². The fourth-order valence-electron chi connectivity index (χ4n) is 3.18. The summed E-state index contributed by atoms with van der Waals surface area (Å²) in [5, 5.41) is 10.0. The van der Waals surface area contributed by atoms with Crippen LogP contribution in [0.4, 0.5) is 5.82 Å². The van der Waals surface area contributed by atoms with Gasteiger partial charge in [-0.25, -0.2) is 9.97 Å². The maximum Gasteiger partial charge on any atom is 0.225 e. The van der Waals surface area contributed by atoms with Crippen LogP contribution in [0.15, 0.2) is 29.7 Å². The second-order valence-electron chi connectivity index (χ2n) is 6.50. The van der Waals surface area contributed by atoms with Gasteiger partial charge in [0.15, 0.2) is 5.78 Å². The van der Waals surface area contributed by atoms with Gasteiger partial charge in [-0.1, -0.05) is 13.0 Å². The number of aliphatic imine (C=N–C) groups is 1. The number of H-pyrrole nitrogens is 1. The van der Waals surface area contributed by atoms with Crippen molar-refractivity contribution in [3.8, 4) is 0 Å². The molecular formula is C18H18N6O2. The fourth-order valence-corrected chi connectivity index (χ4v) is 3.18. The fraction of sp³-hybridized carbons (Fsp3) is 0.333. The molecule has 8 nitrogen and oxygen atoms in total. The second kappa shape index (κ2) is 6.62. The minimum atomic E-state index is -0.0859. The van der Waals surface area contributed by atoms with Crippen LogP contribution in [0.1, 0.15) is 59.5 Å². The molecule has 4 heterocycles. The third-order valence-electron chi connectivity index (χ3n) is 4.63. The van der Waals surface area contributed by atoms with Crippen molar-refractivity contribution in [2.45, 2.75) is 38.5 Å². The van der Waals surface area contributed by atoms with Gasteiger partial charge in [-0.2, -0.15) is 5.10 Å². The smallest absolute Gasteiger partial charge is 0.225 e. The van der Waals surface area contributed by atoms with Gasteiger partial charge in [-0.3, -0.25) is 19.7 Å². The largest absolute Gasteiger partial charge is 0.310 e. The van der Waals surface area contributed by atoms with E-state index in [4.69, 9.17) is 0 Å². The first kappa shape index (κ1) is 16.3. The molecule has 0 unspecified atom stereocenters. The Labute approximate surface area is 149 Å². The molecule has 0 radical (unpaired) electrons. The molecule has 132 valence electrons. The van der Waals surface area contributed by atoms with Crippen molar-refractivity contribution < 1.29 is 9.59 Å². The van der Waals surface area contributed by atoms with Gasteiger partial charge in [0, 0.05) is 42.6 Å². The predicted octanol–water partition coefficient (Wildman–Crippen LogP) is 2.17. The van der Waals surface area contributed by atoms with Crippen molar-refractivity contribution in [3.05, 3.63) is 47.3 Å². The number of aromatic amines is 1. The van der Waals surface area contributed by atoms with Crippen molar-refractivity contribution >= 4 is 23.2 Å². The lowest BCUT2D eigenvalue weighted by molar-refractivity contribution is -0.116. The average molecular weight is 350 g/mol. The number of nitrogens with one attached hydrogen (secondary N) is 2. The minimum absolute atomic E-state index is 0.0393. The molecule has 0 saturated carbocycles. The van der Waals surface area contributed by atoms with Gasteiger partial charge >= 0.3 is 0 Å². The molecule has 4 rings (SSSR count). The molecule has 2 aromatic heterocycles. The Morgan fingerprint density at radius 3 is 3.00 bits per heavy atom. The number of allylic oxidation sites excluding steroid dienone is 1. The molecular weight excluding hydrogens is 332 g/mol. The van der Waals surface area contributed by atoms with E-state index in [-0.39, 0.29) is 17.6 Å². The van der Waals surface area contributed by atoms with Crippen LogP contribution in [0.5, 0.6) is 0 Å². The number of carbonyl (C=O) groups is 2. The van der Waals surface area contributed by atoms with Crippen LogP contribution in [0.2, 0.25) is 0 Å². The number of hydrogen-bond acceptors (Lipinski definition) is 6. The number of aromatic nitrogens is 4. The first-order valence-electron chi connectivity index (χ1n) is 8.56. The summed E-state index contributed by atoms with van der Waals surface area (Å²) in [5.74, 6) is 0.255. The van der Waals surface area contributed by atoms with E-state index in [0.29, 0.717) is 30.8 Å². The highest BCUT2D eigenvalue weighted by atomic mass is 16.1. The van der Waals surface area contributed by atoms with Gasteiger partial charge in [0.1, 0.15) is 23.5 Å². The lowest BCUT2D eigenvalue weighted by Gasteiger charge is -2.18. The first-order chi connectivity index (χ1) is 12.6. The standard InChI is InChI=1S/C18H18N6O2/c1-10(13-8-14(24-23-13)12-3-2-6-19-12)7-15(25)17-11-4-5-16(26)22-18(11)21-9-20-17/h2,6,8-10H,3-5,7H2,1H3,(H,23,24)(H,20,21,22,26)/t10-/m0/s1.